The van der Waals surface area contributed by atoms with E-state index in [2.05, 4.69) is 15.4 Å². The summed E-state index contributed by atoms with van der Waals surface area (Å²) in [6.07, 6.45) is 1.44. The summed E-state index contributed by atoms with van der Waals surface area (Å²) in [6, 6.07) is 12.3. The lowest BCUT2D eigenvalue weighted by atomic mass is 10.2. The molecule has 0 atom stereocenters. The highest BCUT2D eigenvalue weighted by Crippen LogP contribution is 2.29. The van der Waals surface area contributed by atoms with Crippen molar-refractivity contribution in [3.63, 3.8) is 0 Å². The Bertz CT molecular complexity index is 883. The largest absolute Gasteiger partial charge is 0.317 e. The van der Waals surface area contributed by atoms with Gasteiger partial charge in [-0.15, -0.1) is 5.10 Å². The third kappa shape index (κ3) is 3.55. The molecule has 0 saturated carbocycles. The van der Waals surface area contributed by atoms with Gasteiger partial charge in [-0.2, -0.15) is 0 Å². The fourth-order valence-corrected chi connectivity index (χ4v) is 2.36. The molecule has 3 aromatic rings. The molecule has 1 N–H and O–H groups in total. The molecule has 3 rings (SSSR count). The first-order valence-corrected chi connectivity index (χ1v) is 7.68. The van der Waals surface area contributed by atoms with Gasteiger partial charge in [0, 0.05) is 0 Å². The minimum Gasteiger partial charge on any atom is -0.317 e. The third-order valence-electron chi connectivity index (χ3n) is 3.21. The zero-order valence-corrected chi connectivity index (χ0v) is 13.7. The molecule has 0 saturated heterocycles. The van der Waals surface area contributed by atoms with Gasteiger partial charge in [0.1, 0.15) is 6.33 Å². The molecular formula is C16H11Cl2FN4O. The van der Waals surface area contributed by atoms with Crippen molar-refractivity contribution < 1.29 is 9.18 Å². The highest BCUT2D eigenvalue weighted by molar-refractivity contribution is 6.42. The van der Waals surface area contributed by atoms with E-state index < -0.39 is 11.7 Å². The van der Waals surface area contributed by atoms with Crippen molar-refractivity contribution >= 4 is 34.8 Å². The van der Waals surface area contributed by atoms with Gasteiger partial charge in [-0.25, -0.2) is 14.1 Å². The number of carbonyl (C=O) groups is 1. The first-order chi connectivity index (χ1) is 11.5. The highest BCUT2D eigenvalue weighted by Gasteiger charge is 2.16. The number of nitrogens with one attached hydrogen (secondary N) is 1. The van der Waals surface area contributed by atoms with Crippen LogP contribution in [0.4, 0.5) is 10.1 Å². The number of aromatic nitrogens is 3. The lowest BCUT2D eigenvalue weighted by molar-refractivity contribution is 0.101. The summed E-state index contributed by atoms with van der Waals surface area (Å²) < 4.78 is 15.5. The average Bonchev–Trinajstić information content (AvgIpc) is 3.05. The monoisotopic (exact) mass is 364 g/mol. The molecule has 0 aliphatic heterocycles. The minimum absolute atomic E-state index is 0.0671. The van der Waals surface area contributed by atoms with E-state index in [1.165, 1.54) is 23.1 Å². The summed E-state index contributed by atoms with van der Waals surface area (Å²) in [6.45, 7) is 0.474. The minimum atomic E-state index is -0.804. The molecule has 0 radical (unpaired) electrons. The smallest absolute Gasteiger partial charge is 0.295 e. The molecule has 1 amide bonds. The number of rotatable bonds is 4. The standard InChI is InChI=1S/C16H11Cl2FN4O/c17-11-6-7-12(14(19)13(11)18)21-16(24)15-20-9-23(22-15)8-10-4-2-1-3-5-10/h1-7,9H,8H2,(H,21,24). The molecule has 1 heterocycles. The van der Waals surface area contributed by atoms with Crippen molar-refractivity contribution in [1.82, 2.24) is 14.8 Å². The van der Waals surface area contributed by atoms with Crippen LogP contribution in [0.1, 0.15) is 16.2 Å². The van der Waals surface area contributed by atoms with Gasteiger partial charge in [-0.3, -0.25) is 4.79 Å². The van der Waals surface area contributed by atoms with E-state index in [4.69, 9.17) is 23.2 Å². The van der Waals surface area contributed by atoms with Crippen LogP contribution in [-0.2, 0) is 6.54 Å². The van der Waals surface area contributed by atoms with Crippen LogP contribution >= 0.6 is 23.2 Å². The first-order valence-electron chi connectivity index (χ1n) is 6.93. The topological polar surface area (TPSA) is 59.8 Å². The Morgan fingerprint density at radius 1 is 1.17 bits per heavy atom. The van der Waals surface area contributed by atoms with Crippen molar-refractivity contribution in [3.05, 3.63) is 76.0 Å². The van der Waals surface area contributed by atoms with Crippen molar-refractivity contribution in [3.8, 4) is 0 Å². The zero-order valence-electron chi connectivity index (χ0n) is 12.2. The van der Waals surface area contributed by atoms with Gasteiger partial charge in [0.2, 0.25) is 5.82 Å². The highest BCUT2D eigenvalue weighted by atomic mass is 35.5. The van der Waals surface area contributed by atoms with Gasteiger partial charge < -0.3 is 5.32 Å². The van der Waals surface area contributed by atoms with Crippen LogP contribution in [-0.4, -0.2) is 20.7 Å². The van der Waals surface area contributed by atoms with Crippen molar-refractivity contribution in [2.45, 2.75) is 6.54 Å². The summed E-state index contributed by atoms with van der Waals surface area (Å²) >= 11 is 11.4. The quantitative estimate of drug-likeness (QED) is 0.711. The normalized spacial score (nSPS) is 10.6. The molecular weight excluding hydrogens is 354 g/mol. The Balaban J connectivity index is 1.73. The van der Waals surface area contributed by atoms with Gasteiger partial charge in [0.15, 0.2) is 5.82 Å². The predicted octanol–water partition coefficient (Wildman–Crippen LogP) is 4.02. The maximum atomic E-state index is 14.0. The van der Waals surface area contributed by atoms with E-state index in [1.807, 2.05) is 30.3 Å². The van der Waals surface area contributed by atoms with E-state index in [0.29, 0.717) is 6.54 Å². The molecule has 122 valence electrons. The molecule has 0 spiro atoms. The summed E-state index contributed by atoms with van der Waals surface area (Å²) in [5.74, 6) is -1.52. The van der Waals surface area contributed by atoms with E-state index in [0.717, 1.165) is 5.56 Å². The molecule has 5 nitrogen and oxygen atoms in total. The van der Waals surface area contributed by atoms with Crippen LogP contribution in [0, 0.1) is 5.82 Å². The Hall–Kier alpha value is -2.44. The van der Waals surface area contributed by atoms with Crippen LogP contribution in [0.15, 0.2) is 48.8 Å². The van der Waals surface area contributed by atoms with Crippen LogP contribution in [0.2, 0.25) is 10.0 Å². The predicted molar refractivity (Wildman–Crippen MR) is 89.9 cm³/mol. The van der Waals surface area contributed by atoms with Gasteiger partial charge in [-0.05, 0) is 17.7 Å². The van der Waals surface area contributed by atoms with E-state index in [1.54, 1.807) is 0 Å². The molecule has 24 heavy (non-hydrogen) atoms. The number of amides is 1. The van der Waals surface area contributed by atoms with E-state index in [-0.39, 0.29) is 21.6 Å². The van der Waals surface area contributed by atoms with Gasteiger partial charge in [0.25, 0.3) is 5.91 Å². The van der Waals surface area contributed by atoms with Crippen LogP contribution in [0.25, 0.3) is 0 Å². The molecule has 0 aliphatic carbocycles. The van der Waals surface area contributed by atoms with Gasteiger partial charge in [-0.1, -0.05) is 53.5 Å². The Morgan fingerprint density at radius 3 is 2.67 bits per heavy atom. The number of carbonyl (C=O) groups excluding carboxylic acids is 1. The average molecular weight is 365 g/mol. The van der Waals surface area contributed by atoms with Crippen molar-refractivity contribution in [1.29, 1.82) is 0 Å². The molecule has 0 fully saturated rings. The Morgan fingerprint density at radius 2 is 1.92 bits per heavy atom. The molecule has 1 aromatic heterocycles. The number of benzene rings is 2. The lowest BCUT2D eigenvalue weighted by Crippen LogP contribution is -2.15. The van der Waals surface area contributed by atoms with Crippen molar-refractivity contribution in [2.75, 3.05) is 5.32 Å². The summed E-state index contributed by atoms with van der Waals surface area (Å²) in [5.41, 5.74) is 0.929. The molecule has 2 aromatic carbocycles. The lowest BCUT2D eigenvalue weighted by Gasteiger charge is -2.06. The zero-order chi connectivity index (χ0) is 17.1. The molecule has 0 aliphatic rings. The fraction of sp³-hybridized carbons (Fsp3) is 0.0625. The van der Waals surface area contributed by atoms with Gasteiger partial charge in [0.05, 0.1) is 22.3 Å². The molecule has 0 unspecified atom stereocenters. The summed E-state index contributed by atoms with van der Waals surface area (Å²) in [7, 11) is 0. The summed E-state index contributed by atoms with van der Waals surface area (Å²) in [4.78, 5) is 16.1. The van der Waals surface area contributed by atoms with Crippen LogP contribution in [0.5, 0.6) is 0 Å². The maximum absolute atomic E-state index is 14.0. The second-order valence-corrected chi connectivity index (χ2v) is 5.71. The number of hydrogen-bond acceptors (Lipinski definition) is 3. The summed E-state index contributed by atoms with van der Waals surface area (Å²) in [5, 5.41) is 6.27. The van der Waals surface area contributed by atoms with E-state index in [9.17, 15) is 9.18 Å². The number of hydrogen-bond donors (Lipinski definition) is 1. The first kappa shape index (κ1) is 16.4. The Labute approximate surface area is 147 Å². The number of anilines is 1. The van der Waals surface area contributed by atoms with Crippen molar-refractivity contribution in [2.24, 2.45) is 0 Å². The maximum Gasteiger partial charge on any atom is 0.295 e. The molecule has 8 heteroatoms. The van der Waals surface area contributed by atoms with Crippen LogP contribution < -0.4 is 5.32 Å². The van der Waals surface area contributed by atoms with Crippen LogP contribution in [0.3, 0.4) is 0 Å². The molecule has 0 bridgehead atoms. The fourth-order valence-electron chi connectivity index (χ4n) is 2.05. The second-order valence-electron chi connectivity index (χ2n) is 4.93. The second kappa shape index (κ2) is 6.98. The SMILES string of the molecule is O=C(Nc1ccc(Cl)c(Cl)c1F)c1ncn(Cc2ccccc2)n1. The number of halogens is 3. The Kier molecular flexibility index (Phi) is 4.78. The van der Waals surface area contributed by atoms with E-state index >= 15 is 0 Å². The third-order valence-corrected chi connectivity index (χ3v) is 3.99. The number of nitrogens with zero attached hydrogens (tertiary/aromatic N) is 3. The van der Waals surface area contributed by atoms with Gasteiger partial charge >= 0.3 is 0 Å².